The van der Waals surface area contributed by atoms with Gasteiger partial charge in [-0.25, -0.2) is 19.9 Å². The normalized spacial score (nSPS) is 13.9. The number of unbranched alkanes of at least 4 members (excludes halogenated alkanes) is 4. The molecule has 12 heterocycles. The van der Waals surface area contributed by atoms with Gasteiger partial charge in [-0.2, -0.15) is 0 Å². The largest absolute Gasteiger partial charge is 0.355 e. The number of H-pyrrole nitrogens is 4. The van der Waals surface area contributed by atoms with Gasteiger partial charge < -0.3 is 19.9 Å². The third-order valence-corrected chi connectivity index (χ3v) is 25.2. The number of hydrogen-bond acceptors (Lipinski definition) is 8. The molecule has 0 radical (unpaired) electrons. The van der Waals surface area contributed by atoms with Crippen molar-refractivity contribution < 1.29 is 0 Å². The van der Waals surface area contributed by atoms with Gasteiger partial charge in [-0.1, -0.05) is 167 Å². The molecule has 16 rings (SSSR count). The fourth-order valence-corrected chi connectivity index (χ4v) is 19.4. The van der Waals surface area contributed by atoms with Crippen LogP contribution in [0.25, 0.3) is 134 Å². The molecule has 4 unspecified atom stereocenters. The van der Waals surface area contributed by atoms with Crippen molar-refractivity contribution >= 4 is 157 Å². The monoisotopic (exact) mass is 1450 g/mol. The predicted molar refractivity (Wildman–Crippen MR) is 460 cm³/mol. The number of aromatic nitrogens is 8. The second kappa shape index (κ2) is 31.2. The second-order valence-electron chi connectivity index (χ2n) is 29.6. The molecule has 16 bridgehead atoms. The summed E-state index contributed by atoms with van der Waals surface area (Å²) in [5.74, 6) is 15.9. The predicted octanol–water partition coefficient (Wildman–Crippen LogP) is 25.3. The lowest BCUT2D eigenvalue weighted by molar-refractivity contribution is 0.570. The van der Waals surface area contributed by atoms with Gasteiger partial charge in [0.15, 0.2) is 0 Å². The minimum absolute atomic E-state index is 0.176. The van der Waals surface area contributed by atoms with Gasteiger partial charge in [0, 0.05) is 97.4 Å². The van der Waals surface area contributed by atoms with Crippen LogP contribution in [0, 0.1) is 32.7 Å². The Kier molecular flexibility index (Phi) is 20.7. The van der Waals surface area contributed by atoms with Crippen molar-refractivity contribution in [3.05, 3.63) is 241 Å². The number of fused-ring (bicyclic) bond motifs is 16. The van der Waals surface area contributed by atoms with E-state index in [1.54, 1.807) is 0 Å². The van der Waals surface area contributed by atoms with Crippen LogP contribution in [0.5, 0.6) is 0 Å². The zero-order valence-electron chi connectivity index (χ0n) is 63.2. The molecule has 4 aliphatic rings. The first-order valence-electron chi connectivity index (χ1n) is 39.6. The van der Waals surface area contributed by atoms with E-state index in [0.29, 0.717) is 19.8 Å². The lowest BCUT2D eigenvalue weighted by atomic mass is 9.90. The zero-order chi connectivity index (χ0) is 74.1. The molecular weight excluding hydrogens is 1360 g/mol. The highest BCUT2D eigenvalue weighted by molar-refractivity contribution is 7.20. The maximum Gasteiger partial charge on any atom is 0.205 e. The number of nitrogens with one attached hydrogen (secondary N) is 4. The maximum absolute atomic E-state index is 15.4. The van der Waals surface area contributed by atoms with Gasteiger partial charge in [0.1, 0.15) is 0 Å². The van der Waals surface area contributed by atoms with Crippen LogP contribution < -0.4 is 10.9 Å². The first kappa shape index (κ1) is 71.5. The summed E-state index contributed by atoms with van der Waals surface area (Å²) in [7, 11) is 0. The summed E-state index contributed by atoms with van der Waals surface area (Å²) in [6.07, 6.45) is 34.3. The van der Waals surface area contributed by atoms with E-state index >= 15 is 9.59 Å². The molecule has 8 aromatic heterocycles. The van der Waals surface area contributed by atoms with Crippen molar-refractivity contribution in [1.29, 1.82) is 0 Å². The fraction of sp³-hybridized carbons (Fsp3) is 0.292. The third kappa shape index (κ3) is 13.6. The second-order valence-corrected chi connectivity index (χ2v) is 31.7. The Balaban J connectivity index is 0.841. The molecule has 4 N–H and O–H groups in total. The molecule has 108 heavy (non-hydrogen) atoms. The molecule has 0 saturated carbocycles. The van der Waals surface area contributed by atoms with E-state index in [1.807, 2.05) is 24.3 Å². The Hall–Kier alpha value is -10.8. The summed E-state index contributed by atoms with van der Waals surface area (Å²) >= 11 is 2.76. The van der Waals surface area contributed by atoms with Gasteiger partial charge in [-0.15, -0.1) is 22.7 Å². The van der Waals surface area contributed by atoms with Crippen LogP contribution in [-0.4, -0.2) is 39.9 Å². The average Bonchev–Trinajstić information content (AvgIpc) is 0.950. The smallest absolute Gasteiger partial charge is 0.205 e. The summed E-state index contributed by atoms with van der Waals surface area (Å²) in [5, 5.41) is 4.52. The number of nitrogens with zero attached hydrogens (tertiary/aromatic N) is 4. The number of hydrogen-bond donors (Lipinski definition) is 4. The van der Waals surface area contributed by atoms with Gasteiger partial charge in [0.2, 0.25) is 10.9 Å². The van der Waals surface area contributed by atoms with Gasteiger partial charge in [0.25, 0.3) is 0 Å². The molecule has 4 aliphatic heterocycles. The van der Waals surface area contributed by atoms with Crippen LogP contribution in [0.1, 0.15) is 272 Å². The van der Waals surface area contributed by atoms with Crippen LogP contribution in [0.15, 0.2) is 131 Å². The molecule has 4 atom stereocenters. The summed E-state index contributed by atoms with van der Waals surface area (Å²) in [5.41, 5.74) is 22.9. The molecule has 4 aromatic carbocycles. The number of benzene rings is 4. The minimum atomic E-state index is -0.176. The quantitative estimate of drug-likeness (QED) is 0.0559. The van der Waals surface area contributed by atoms with Crippen molar-refractivity contribution in [2.45, 2.75) is 182 Å². The van der Waals surface area contributed by atoms with Gasteiger partial charge in [0.05, 0.1) is 76.8 Å². The molecule has 10 nitrogen and oxygen atoms in total. The zero-order valence-corrected chi connectivity index (χ0v) is 64.8. The van der Waals surface area contributed by atoms with E-state index in [0.717, 1.165) is 246 Å². The van der Waals surface area contributed by atoms with E-state index < -0.39 is 0 Å². The van der Waals surface area contributed by atoms with E-state index in [4.69, 9.17) is 19.9 Å². The highest BCUT2D eigenvalue weighted by Gasteiger charge is 2.25. The molecule has 540 valence electrons. The third-order valence-electron chi connectivity index (χ3n) is 22.7. The highest BCUT2D eigenvalue weighted by Crippen LogP contribution is 2.41. The standard InChI is InChI=1S/C96H92N8O2S2/c1-9-17-23-57(13-5)87-77-41-35-63(97-77)55-64-36-42-78(98-64)88(58(14-6)24-18-10-2)82-50-46-74(102-82)69(73-45-49-81(87)101-73)39-31-61-33-53-85-91-67(61)27-21-29-71(91)93(105)95(107-85)96-94(106)72-30-22-28-68-62(34-54-86(108-96)92(68)72)32-40-70-75-47-51-83(103-75)89(59(15-7)25-19-11-3)79-43-37-65(99-79)56-66-38-44-80(100-66)90(60(16-8)26-20-12-4)84-52-48-76(70)104-84/h21-22,27-30,33-38,41-60,97,99,102,104H,9-20,23-26H2,1-8H3/b63-55?,64-55?,65-56?,66-56?,73-69?,74-69?,75-70?,76-70?,87-77?,87-81?,88-78?,88-82?,89-79?,89-83?,90-80?,90-84?,96-95+. The number of aromatic amines is 4. The van der Waals surface area contributed by atoms with Crippen LogP contribution in [0.3, 0.4) is 0 Å². The van der Waals surface area contributed by atoms with Crippen LogP contribution in [-0.2, 0) is 0 Å². The Bertz CT molecular complexity index is 6020. The topological polar surface area (TPSA) is 149 Å². The molecule has 0 spiro atoms. The molecule has 12 heteroatoms. The maximum atomic E-state index is 15.4. The first-order valence-corrected chi connectivity index (χ1v) is 41.2. The van der Waals surface area contributed by atoms with Crippen LogP contribution >= 0.6 is 22.7 Å². The first-order chi connectivity index (χ1) is 53.0. The molecule has 0 aliphatic carbocycles. The van der Waals surface area contributed by atoms with Crippen LogP contribution in [0.4, 0.5) is 0 Å². The summed E-state index contributed by atoms with van der Waals surface area (Å²) < 4.78 is 2.64. The SMILES string of the molecule is CCCCC(CC)c1c2nc(c(C#Cc3ccc4s/c(=c5/sc6ccc(C#Cc7c8nc(c(C(CC)CCCC)c9ccc(cc%10nc(c(C(CC)CCCC)c%11ccc7[nH]%11)C=C%10)[nH]9)C=C8)c7cccc(c5=O)c67)c(=O)c5cccc3c45)c3ccc([nH]3)c(C(CC)CCCC)c3nc(cc4ccc1[nH]4)C=C3)C=C2. The molecule has 0 saturated heterocycles. The number of rotatable bonds is 20. The van der Waals surface area contributed by atoms with Crippen molar-refractivity contribution in [1.82, 2.24) is 39.9 Å². The van der Waals surface area contributed by atoms with Gasteiger partial charge in [-0.05, 0) is 219 Å². The molecular formula is C96H92N8O2S2. The summed E-state index contributed by atoms with van der Waals surface area (Å²) in [4.78, 5) is 67.9. The molecule has 12 aromatic rings. The van der Waals surface area contributed by atoms with E-state index in [2.05, 4.69) is 245 Å². The fourth-order valence-electron chi connectivity index (χ4n) is 17.0. The Labute approximate surface area is 639 Å². The van der Waals surface area contributed by atoms with Gasteiger partial charge >= 0.3 is 0 Å². The summed E-state index contributed by atoms with van der Waals surface area (Å²) in [6, 6.07) is 41.9. The minimum Gasteiger partial charge on any atom is -0.355 e. The van der Waals surface area contributed by atoms with E-state index in [9.17, 15) is 0 Å². The summed E-state index contributed by atoms with van der Waals surface area (Å²) in [6.45, 7) is 18.2. The Morgan fingerprint density at radius 2 is 0.676 bits per heavy atom. The molecule has 0 amide bonds. The average molecular weight is 1450 g/mol. The Morgan fingerprint density at radius 1 is 0.343 bits per heavy atom. The highest BCUT2D eigenvalue weighted by atomic mass is 32.1. The lowest BCUT2D eigenvalue weighted by Gasteiger charge is -2.16. The van der Waals surface area contributed by atoms with Gasteiger partial charge in [-0.3, -0.25) is 9.59 Å². The van der Waals surface area contributed by atoms with E-state index in [-0.39, 0.29) is 34.5 Å². The lowest BCUT2D eigenvalue weighted by Crippen LogP contribution is -2.08. The van der Waals surface area contributed by atoms with Crippen molar-refractivity contribution in [3.8, 4) is 23.7 Å². The van der Waals surface area contributed by atoms with Crippen LogP contribution in [0.2, 0.25) is 0 Å². The Morgan fingerprint density at radius 3 is 1.06 bits per heavy atom. The van der Waals surface area contributed by atoms with Crippen molar-refractivity contribution in [2.75, 3.05) is 0 Å². The van der Waals surface area contributed by atoms with Crippen molar-refractivity contribution in [2.24, 2.45) is 0 Å². The van der Waals surface area contributed by atoms with E-state index in [1.165, 1.54) is 44.9 Å². The van der Waals surface area contributed by atoms with Crippen molar-refractivity contribution in [3.63, 3.8) is 0 Å². The molecule has 0 fully saturated rings.